The summed E-state index contributed by atoms with van der Waals surface area (Å²) in [6, 6.07) is 12.7. The van der Waals surface area contributed by atoms with Gasteiger partial charge in [-0.05, 0) is 68.3 Å². The van der Waals surface area contributed by atoms with Crippen LogP contribution in [0.15, 0.2) is 48.5 Å². The smallest absolute Gasteiger partial charge is 0.248 e. The number of methoxy groups -OCH3 is 1. The molecular weight excluding hydrogens is 598 g/mol. The highest BCUT2D eigenvalue weighted by Crippen LogP contribution is 2.68. The van der Waals surface area contributed by atoms with E-state index in [1.54, 1.807) is 72.3 Å². The van der Waals surface area contributed by atoms with Crippen LogP contribution in [0, 0.1) is 11.8 Å². The van der Waals surface area contributed by atoms with Gasteiger partial charge in [0.15, 0.2) is 0 Å². The van der Waals surface area contributed by atoms with Crippen LogP contribution in [0.3, 0.4) is 0 Å². The predicted octanol–water partition coefficient (Wildman–Crippen LogP) is 3.91. The third-order valence-electron chi connectivity index (χ3n) is 8.14. The van der Waals surface area contributed by atoms with E-state index in [1.807, 2.05) is 13.8 Å². The van der Waals surface area contributed by atoms with Crippen LogP contribution >= 0.6 is 27.7 Å². The van der Waals surface area contributed by atoms with E-state index < -0.39 is 28.7 Å². The summed E-state index contributed by atoms with van der Waals surface area (Å²) in [5, 5.41) is 16.0. The maximum absolute atomic E-state index is 14.2. The van der Waals surface area contributed by atoms with Crippen molar-refractivity contribution in [3.8, 4) is 11.5 Å². The van der Waals surface area contributed by atoms with Gasteiger partial charge >= 0.3 is 0 Å². The number of anilines is 2. The van der Waals surface area contributed by atoms with Crippen molar-refractivity contribution >= 4 is 56.8 Å². The highest BCUT2D eigenvalue weighted by molar-refractivity contribution is 9.09. The van der Waals surface area contributed by atoms with Gasteiger partial charge in [0.05, 0.1) is 42.9 Å². The maximum atomic E-state index is 14.2. The lowest BCUT2D eigenvalue weighted by molar-refractivity contribution is -0.141. The van der Waals surface area contributed by atoms with Crippen molar-refractivity contribution in [2.45, 2.75) is 53.6 Å². The number of benzene rings is 2. The molecule has 3 aliphatic rings. The van der Waals surface area contributed by atoms with Gasteiger partial charge in [0, 0.05) is 21.5 Å². The van der Waals surface area contributed by atoms with E-state index in [-0.39, 0.29) is 34.4 Å². The van der Waals surface area contributed by atoms with E-state index in [2.05, 4.69) is 26.6 Å². The Labute approximate surface area is 246 Å². The first-order valence-corrected chi connectivity index (χ1v) is 15.3. The van der Waals surface area contributed by atoms with Gasteiger partial charge in [-0.2, -0.15) is 0 Å². The molecule has 40 heavy (non-hydrogen) atoms. The molecule has 0 aliphatic carbocycles. The van der Waals surface area contributed by atoms with E-state index >= 15 is 0 Å². The van der Waals surface area contributed by atoms with E-state index in [1.165, 1.54) is 0 Å². The standard InChI is InChI=1S/C29H34BrN3O6S/c1-4-18(15-34)33-25(27(36)32-17-6-10-19(38-3)11-7-17)29-14-21(30)24(40-29)22(23(29)28(33)37)26(35)31-16-8-12-20(13-9-16)39-5-2/h6-13,18,21-25,34H,4-5,14-15H2,1-3H3,(H,31,35)(H,32,36)/t18-,21?,22-,23-,24-,25?,29?/m0/s1. The van der Waals surface area contributed by atoms with Gasteiger partial charge in [-0.25, -0.2) is 0 Å². The van der Waals surface area contributed by atoms with E-state index in [0.29, 0.717) is 42.3 Å². The van der Waals surface area contributed by atoms with Crippen LogP contribution in [-0.2, 0) is 14.4 Å². The van der Waals surface area contributed by atoms with E-state index in [4.69, 9.17) is 9.47 Å². The first-order valence-electron chi connectivity index (χ1n) is 13.5. The van der Waals surface area contributed by atoms with Gasteiger partial charge in [-0.3, -0.25) is 14.4 Å². The zero-order valence-corrected chi connectivity index (χ0v) is 25.0. The molecule has 2 bridgehead atoms. The largest absolute Gasteiger partial charge is 0.497 e. The number of rotatable bonds is 10. The molecule has 5 rings (SSSR count). The summed E-state index contributed by atoms with van der Waals surface area (Å²) in [5.74, 6) is -0.790. The quantitative estimate of drug-likeness (QED) is 0.340. The number of thioether (sulfide) groups is 1. The number of alkyl halides is 1. The summed E-state index contributed by atoms with van der Waals surface area (Å²) in [4.78, 5) is 43.4. The van der Waals surface area contributed by atoms with Crippen molar-refractivity contribution in [1.29, 1.82) is 0 Å². The Balaban J connectivity index is 1.46. The summed E-state index contributed by atoms with van der Waals surface area (Å²) in [6.45, 7) is 4.06. The number of halogens is 1. The third-order valence-corrected chi connectivity index (χ3v) is 11.4. The van der Waals surface area contributed by atoms with Gasteiger partial charge in [-0.1, -0.05) is 22.9 Å². The summed E-state index contributed by atoms with van der Waals surface area (Å²) < 4.78 is 9.91. The predicted molar refractivity (Wildman–Crippen MR) is 158 cm³/mol. The van der Waals surface area contributed by atoms with Gasteiger partial charge in [0.1, 0.15) is 17.5 Å². The topological polar surface area (TPSA) is 117 Å². The van der Waals surface area contributed by atoms with Crippen molar-refractivity contribution in [2.24, 2.45) is 11.8 Å². The lowest BCUT2D eigenvalue weighted by Crippen LogP contribution is -2.55. The van der Waals surface area contributed by atoms with Crippen molar-refractivity contribution in [3.05, 3.63) is 48.5 Å². The molecule has 3 fully saturated rings. The number of nitrogens with zero attached hydrogens (tertiary/aromatic N) is 1. The number of amides is 3. The molecule has 214 valence electrons. The third kappa shape index (κ3) is 4.86. The molecule has 0 radical (unpaired) electrons. The molecule has 3 N–H and O–H groups in total. The molecule has 7 atom stereocenters. The molecule has 3 unspecified atom stereocenters. The van der Waals surface area contributed by atoms with E-state index in [0.717, 1.165) is 0 Å². The fourth-order valence-electron chi connectivity index (χ4n) is 6.39. The number of aliphatic hydroxyl groups is 1. The van der Waals surface area contributed by atoms with Crippen LogP contribution in [-0.4, -0.2) is 75.0 Å². The first kappa shape index (κ1) is 28.8. The molecule has 3 saturated heterocycles. The molecule has 2 aromatic carbocycles. The minimum Gasteiger partial charge on any atom is -0.497 e. The van der Waals surface area contributed by atoms with Crippen LogP contribution in [0.4, 0.5) is 11.4 Å². The number of hydrogen-bond acceptors (Lipinski definition) is 7. The summed E-state index contributed by atoms with van der Waals surface area (Å²) in [6.07, 6.45) is 1.04. The van der Waals surface area contributed by atoms with Crippen molar-refractivity contribution in [1.82, 2.24) is 4.90 Å². The molecule has 1 spiro atoms. The molecule has 3 heterocycles. The normalized spacial score (nSPS) is 29.2. The van der Waals surface area contributed by atoms with Gasteiger partial charge in [0.25, 0.3) is 0 Å². The second-order valence-electron chi connectivity index (χ2n) is 10.3. The summed E-state index contributed by atoms with van der Waals surface area (Å²) in [5.41, 5.74) is 1.19. The zero-order valence-electron chi connectivity index (χ0n) is 22.6. The molecule has 2 aromatic rings. The van der Waals surface area contributed by atoms with Crippen molar-refractivity contribution < 1.29 is 29.0 Å². The number of carbonyl (C=O) groups is 3. The van der Waals surface area contributed by atoms with Crippen LogP contribution in [0.25, 0.3) is 0 Å². The van der Waals surface area contributed by atoms with Gasteiger partial charge < -0.3 is 30.1 Å². The average molecular weight is 633 g/mol. The molecule has 3 aliphatic heterocycles. The lowest BCUT2D eigenvalue weighted by Gasteiger charge is -2.37. The fourth-order valence-corrected chi connectivity index (χ4v) is 9.99. The van der Waals surface area contributed by atoms with Crippen LogP contribution < -0.4 is 20.1 Å². The lowest BCUT2D eigenvalue weighted by atomic mass is 9.70. The number of ether oxygens (including phenoxy) is 2. The SMILES string of the molecule is CCOc1ccc(NC(=O)[C@H]2[C@H]3C(=O)N([C@@H](CC)CO)C(C(=O)Nc4ccc(OC)cc4)C34CC(Br)[C@@H]2S4)cc1. The highest BCUT2D eigenvalue weighted by Gasteiger charge is 2.76. The molecule has 0 saturated carbocycles. The Morgan fingerprint density at radius 1 is 1.07 bits per heavy atom. The number of aliphatic hydroxyl groups excluding tert-OH is 1. The average Bonchev–Trinajstić information content (AvgIpc) is 3.54. The second kappa shape index (κ2) is 11.6. The van der Waals surface area contributed by atoms with Gasteiger partial charge in [0.2, 0.25) is 17.7 Å². The minimum atomic E-state index is -0.845. The van der Waals surface area contributed by atoms with Crippen LogP contribution in [0.5, 0.6) is 11.5 Å². The zero-order chi connectivity index (χ0) is 28.6. The van der Waals surface area contributed by atoms with E-state index in [9.17, 15) is 19.5 Å². The number of nitrogens with one attached hydrogen (secondary N) is 2. The first-order chi connectivity index (χ1) is 19.3. The van der Waals surface area contributed by atoms with Crippen molar-refractivity contribution in [3.63, 3.8) is 0 Å². The van der Waals surface area contributed by atoms with Crippen molar-refractivity contribution in [2.75, 3.05) is 31.0 Å². The number of fused-ring (bicyclic) bond motifs is 1. The Morgan fingerprint density at radius 3 is 2.23 bits per heavy atom. The Bertz CT molecular complexity index is 1260. The number of likely N-dealkylation sites (tertiary alicyclic amines) is 1. The Morgan fingerprint density at radius 2 is 1.68 bits per heavy atom. The van der Waals surface area contributed by atoms with Crippen LogP contribution in [0.2, 0.25) is 0 Å². The number of carbonyl (C=O) groups excluding carboxylic acids is 3. The molecule has 11 heteroatoms. The summed E-state index contributed by atoms with van der Waals surface area (Å²) >= 11 is 5.34. The molecule has 3 amide bonds. The Hall–Kier alpha value is -2.76. The molecular formula is C29H34BrN3O6S. The highest BCUT2D eigenvalue weighted by atomic mass is 79.9. The maximum Gasteiger partial charge on any atom is 0.248 e. The monoisotopic (exact) mass is 631 g/mol. The second-order valence-corrected chi connectivity index (χ2v) is 13.0. The molecule has 9 nitrogen and oxygen atoms in total. The Kier molecular flexibility index (Phi) is 8.35. The van der Waals surface area contributed by atoms with Gasteiger partial charge in [-0.15, -0.1) is 11.8 Å². The summed E-state index contributed by atoms with van der Waals surface area (Å²) in [7, 11) is 1.57. The minimum absolute atomic E-state index is 0.0527. The fraction of sp³-hybridized carbons (Fsp3) is 0.483. The number of hydrogen-bond donors (Lipinski definition) is 3. The van der Waals surface area contributed by atoms with Crippen LogP contribution in [0.1, 0.15) is 26.7 Å². The molecule has 0 aromatic heterocycles.